The molecule has 0 saturated carbocycles. The van der Waals surface area contributed by atoms with Gasteiger partial charge in [0.2, 0.25) is 0 Å². The lowest BCUT2D eigenvalue weighted by molar-refractivity contribution is 0.511. The minimum Gasteiger partial charge on any atom is -0.371 e. The van der Waals surface area contributed by atoms with Gasteiger partial charge in [0.15, 0.2) is 0 Å². The minimum atomic E-state index is 0.597. The number of hydrogen-bond acceptors (Lipinski definition) is 2. The predicted octanol–water partition coefficient (Wildman–Crippen LogP) is 2.81. The van der Waals surface area contributed by atoms with Crippen LogP contribution in [-0.2, 0) is 0 Å². The fourth-order valence-corrected chi connectivity index (χ4v) is 2.00. The third-order valence-electron chi connectivity index (χ3n) is 3.23. The summed E-state index contributed by atoms with van der Waals surface area (Å²) in [5.74, 6) is 0.597. The zero-order valence-corrected chi connectivity index (χ0v) is 10.7. The van der Waals surface area contributed by atoms with Crippen LogP contribution in [0.15, 0.2) is 24.3 Å². The van der Waals surface area contributed by atoms with Crippen molar-refractivity contribution in [3.8, 4) is 0 Å². The van der Waals surface area contributed by atoms with Crippen LogP contribution in [0.2, 0.25) is 0 Å². The molecule has 1 unspecified atom stereocenters. The molecule has 0 radical (unpaired) electrons. The van der Waals surface area contributed by atoms with E-state index in [0.29, 0.717) is 5.92 Å². The molecule has 0 aliphatic rings. The fraction of sp³-hybridized carbons (Fsp3) is 0.571. The Balaban J connectivity index is 2.78. The summed E-state index contributed by atoms with van der Waals surface area (Å²) in [5.41, 5.74) is 8.46. The maximum atomic E-state index is 5.78. The summed E-state index contributed by atoms with van der Waals surface area (Å²) < 4.78 is 0. The third-order valence-corrected chi connectivity index (χ3v) is 3.23. The van der Waals surface area contributed by atoms with Gasteiger partial charge in [-0.05, 0) is 37.9 Å². The van der Waals surface area contributed by atoms with E-state index in [9.17, 15) is 0 Å². The molecule has 1 rings (SSSR count). The number of para-hydroxylation sites is 1. The summed E-state index contributed by atoms with van der Waals surface area (Å²) in [6.07, 6.45) is 1.15. The molecule has 1 aromatic carbocycles. The van der Waals surface area contributed by atoms with Crippen molar-refractivity contribution in [2.24, 2.45) is 11.7 Å². The molecular formula is C14H24N2. The standard InChI is InChI=1S/C14H24N2/c1-4-13(10-15)11-16(5-2)14-9-7-6-8-12(14)3/h6-9,13H,4-5,10-11,15H2,1-3H3. The van der Waals surface area contributed by atoms with E-state index >= 15 is 0 Å². The fourth-order valence-electron chi connectivity index (χ4n) is 2.00. The van der Waals surface area contributed by atoms with Crippen molar-refractivity contribution in [1.82, 2.24) is 0 Å². The molecule has 90 valence electrons. The van der Waals surface area contributed by atoms with Crippen molar-refractivity contribution < 1.29 is 0 Å². The van der Waals surface area contributed by atoms with Crippen LogP contribution in [0.4, 0.5) is 5.69 Å². The van der Waals surface area contributed by atoms with Crippen molar-refractivity contribution in [1.29, 1.82) is 0 Å². The smallest absolute Gasteiger partial charge is 0.0395 e. The van der Waals surface area contributed by atoms with Gasteiger partial charge in [-0.25, -0.2) is 0 Å². The van der Waals surface area contributed by atoms with E-state index < -0.39 is 0 Å². The molecule has 2 N–H and O–H groups in total. The van der Waals surface area contributed by atoms with E-state index in [4.69, 9.17) is 5.73 Å². The Bertz CT molecular complexity index is 305. The molecule has 1 atom stereocenters. The van der Waals surface area contributed by atoms with Crippen molar-refractivity contribution in [3.63, 3.8) is 0 Å². The average molecular weight is 220 g/mol. The van der Waals surface area contributed by atoms with E-state index in [1.807, 2.05) is 0 Å². The largest absolute Gasteiger partial charge is 0.371 e. The number of hydrogen-bond donors (Lipinski definition) is 1. The third kappa shape index (κ3) is 3.24. The Hall–Kier alpha value is -1.02. The number of benzene rings is 1. The van der Waals surface area contributed by atoms with Crippen molar-refractivity contribution in [2.75, 3.05) is 24.5 Å². The number of anilines is 1. The van der Waals surface area contributed by atoms with E-state index in [2.05, 4.69) is 49.9 Å². The quantitative estimate of drug-likeness (QED) is 0.798. The molecule has 0 fully saturated rings. The summed E-state index contributed by atoms with van der Waals surface area (Å²) in [6, 6.07) is 8.56. The van der Waals surface area contributed by atoms with Gasteiger partial charge in [-0.2, -0.15) is 0 Å². The van der Waals surface area contributed by atoms with E-state index in [-0.39, 0.29) is 0 Å². The highest BCUT2D eigenvalue weighted by Gasteiger charge is 2.11. The molecule has 0 saturated heterocycles. The maximum Gasteiger partial charge on any atom is 0.0395 e. The summed E-state index contributed by atoms with van der Waals surface area (Å²) in [5, 5.41) is 0. The molecule has 0 aliphatic heterocycles. The molecule has 0 spiro atoms. The van der Waals surface area contributed by atoms with Crippen LogP contribution in [-0.4, -0.2) is 19.6 Å². The molecule has 0 heterocycles. The van der Waals surface area contributed by atoms with Crippen LogP contribution in [0.25, 0.3) is 0 Å². The first-order valence-corrected chi connectivity index (χ1v) is 6.23. The molecule has 16 heavy (non-hydrogen) atoms. The Labute approximate surface area is 99.5 Å². The lowest BCUT2D eigenvalue weighted by Crippen LogP contribution is -2.33. The van der Waals surface area contributed by atoms with Gasteiger partial charge in [-0.15, -0.1) is 0 Å². The summed E-state index contributed by atoms with van der Waals surface area (Å²) in [6.45, 7) is 9.47. The van der Waals surface area contributed by atoms with E-state index in [1.165, 1.54) is 11.3 Å². The zero-order chi connectivity index (χ0) is 12.0. The highest BCUT2D eigenvalue weighted by atomic mass is 15.1. The molecule has 2 nitrogen and oxygen atoms in total. The summed E-state index contributed by atoms with van der Waals surface area (Å²) >= 11 is 0. The molecular weight excluding hydrogens is 196 g/mol. The average Bonchev–Trinajstić information content (AvgIpc) is 2.32. The van der Waals surface area contributed by atoms with Gasteiger partial charge in [0.05, 0.1) is 0 Å². The second kappa shape index (κ2) is 6.54. The minimum absolute atomic E-state index is 0.597. The van der Waals surface area contributed by atoms with Gasteiger partial charge in [0, 0.05) is 18.8 Å². The molecule has 0 aromatic heterocycles. The van der Waals surface area contributed by atoms with Gasteiger partial charge in [0.1, 0.15) is 0 Å². The molecule has 0 bridgehead atoms. The number of rotatable bonds is 6. The SMILES string of the molecule is CCC(CN)CN(CC)c1ccccc1C. The molecule has 0 amide bonds. The first-order valence-electron chi connectivity index (χ1n) is 6.23. The van der Waals surface area contributed by atoms with Crippen LogP contribution in [0.3, 0.4) is 0 Å². The lowest BCUT2D eigenvalue weighted by atomic mass is 10.1. The van der Waals surface area contributed by atoms with Gasteiger partial charge in [-0.1, -0.05) is 31.5 Å². The highest BCUT2D eigenvalue weighted by Crippen LogP contribution is 2.20. The molecule has 2 heteroatoms. The topological polar surface area (TPSA) is 29.3 Å². The number of aryl methyl sites for hydroxylation is 1. The van der Waals surface area contributed by atoms with Crippen molar-refractivity contribution in [3.05, 3.63) is 29.8 Å². The van der Waals surface area contributed by atoms with Crippen LogP contribution in [0, 0.1) is 12.8 Å². The molecule has 1 aromatic rings. The normalized spacial score (nSPS) is 12.5. The van der Waals surface area contributed by atoms with Crippen molar-refractivity contribution >= 4 is 5.69 Å². The van der Waals surface area contributed by atoms with E-state index in [1.54, 1.807) is 0 Å². The van der Waals surface area contributed by atoms with Gasteiger partial charge in [-0.3, -0.25) is 0 Å². The lowest BCUT2D eigenvalue weighted by Gasteiger charge is -2.28. The first kappa shape index (κ1) is 13.0. The summed E-state index contributed by atoms with van der Waals surface area (Å²) in [4.78, 5) is 2.43. The van der Waals surface area contributed by atoms with Crippen LogP contribution in [0.5, 0.6) is 0 Å². The number of nitrogens with two attached hydrogens (primary N) is 1. The maximum absolute atomic E-state index is 5.78. The van der Waals surface area contributed by atoms with Gasteiger partial charge >= 0.3 is 0 Å². The highest BCUT2D eigenvalue weighted by molar-refractivity contribution is 5.52. The van der Waals surface area contributed by atoms with Gasteiger partial charge in [0.25, 0.3) is 0 Å². The second-order valence-electron chi connectivity index (χ2n) is 4.34. The Kier molecular flexibility index (Phi) is 5.33. The molecule has 0 aliphatic carbocycles. The Morgan fingerprint density at radius 3 is 2.44 bits per heavy atom. The predicted molar refractivity (Wildman–Crippen MR) is 71.9 cm³/mol. The zero-order valence-electron chi connectivity index (χ0n) is 10.7. The number of nitrogens with zero attached hydrogens (tertiary/aromatic N) is 1. The van der Waals surface area contributed by atoms with Crippen LogP contribution < -0.4 is 10.6 Å². The Morgan fingerprint density at radius 1 is 1.25 bits per heavy atom. The summed E-state index contributed by atoms with van der Waals surface area (Å²) in [7, 11) is 0. The van der Waals surface area contributed by atoms with Crippen molar-refractivity contribution in [2.45, 2.75) is 27.2 Å². The first-order chi connectivity index (χ1) is 7.72. The van der Waals surface area contributed by atoms with Crippen LogP contribution >= 0.6 is 0 Å². The second-order valence-corrected chi connectivity index (χ2v) is 4.34. The van der Waals surface area contributed by atoms with Gasteiger partial charge < -0.3 is 10.6 Å². The monoisotopic (exact) mass is 220 g/mol. The van der Waals surface area contributed by atoms with Crippen LogP contribution in [0.1, 0.15) is 25.8 Å². The Morgan fingerprint density at radius 2 is 1.94 bits per heavy atom. The van der Waals surface area contributed by atoms with E-state index in [0.717, 1.165) is 26.1 Å².